The number of amides is 1. The van der Waals surface area contributed by atoms with Crippen molar-refractivity contribution in [3.8, 4) is 17.2 Å². The van der Waals surface area contributed by atoms with E-state index in [1.165, 1.54) is 0 Å². The first-order valence-electron chi connectivity index (χ1n) is 7.25. The number of hydrogen-bond donors (Lipinski definition) is 1. The van der Waals surface area contributed by atoms with Crippen LogP contribution >= 0.6 is 0 Å². The third kappa shape index (κ3) is 4.39. The second-order valence-corrected chi connectivity index (χ2v) is 5.20. The number of nitrogens with one attached hydrogen (secondary N) is 1. The van der Waals surface area contributed by atoms with Crippen molar-refractivity contribution in [2.45, 2.75) is 13.8 Å². The van der Waals surface area contributed by atoms with Crippen molar-refractivity contribution in [1.29, 1.82) is 0 Å². The average Bonchev–Trinajstić information content (AvgIpc) is 2.52. The third-order valence-electron chi connectivity index (χ3n) is 3.25. The van der Waals surface area contributed by atoms with E-state index in [0.717, 1.165) is 16.8 Å². The summed E-state index contributed by atoms with van der Waals surface area (Å²) in [5.74, 6) is 1.23. The fraction of sp³-hybridized carbons (Fsp3) is 0.278. The summed E-state index contributed by atoms with van der Waals surface area (Å²) in [6, 6.07) is 11.2. The molecule has 0 heterocycles. The van der Waals surface area contributed by atoms with Crippen molar-refractivity contribution >= 4 is 11.6 Å². The SMILES string of the molecule is COc1cc(C)cc(OC)c1OCC(=O)Nc1cccc(C)c1. The predicted octanol–water partition coefficient (Wildman–Crippen LogP) is 3.34. The number of benzene rings is 2. The number of ether oxygens (including phenoxy) is 3. The Bertz CT molecular complexity index is 672. The smallest absolute Gasteiger partial charge is 0.262 e. The lowest BCUT2D eigenvalue weighted by molar-refractivity contribution is -0.118. The Morgan fingerprint density at radius 3 is 2.22 bits per heavy atom. The van der Waals surface area contributed by atoms with Crippen LogP contribution in [0.2, 0.25) is 0 Å². The standard InChI is InChI=1S/C18H21NO4/c1-12-6-5-7-14(8-12)19-17(20)11-23-18-15(21-3)9-13(2)10-16(18)22-4/h5-10H,11H2,1-4H3,(H,19,20). The van der Waals surface area contributed by atoms with Gasteiger partial charge in [0.25, 0.3) is 5.91 Å². The molecular weight excluding hydrogens is 294 g/mol. The van der Waals surface area contributed by atoms with Crippen LogP contribution < -0.4 is 19.5 Å². The van der Waals surface area contributed by atoms with Gasteiger partial charge in [-0.2, -0.15) is 0 Å². The van der Waals surface area contributed by atoms with Crippen molar-refractivity contribution in [2.75, 3.05) is 26.1 Å². The molecule has 23 heavy (non-hydrogen) atoms. The Balaban J connectivity index is 2.07. The Morgan fingerprint density at radius 2 is 1.65 bits per heavy atom. The highest BCUT2D eigenvalue weighted by atomic mass is 16.5. The molecule has 0 aliphatic carbocycles. The van der Waals surface area contributed by atoms with Gasteiger partial charge in [0.15, 0.2) is 18.1 Å². The van der Waals surface area contributed by atoms with Crippen molar-refractivity contribution in [2.24, 2.45) is 0 Å². The molecule has 0 aliphatic heterocycles. The van der Waals surface area contributed by atoms with E-state index in [0.29, 0.717) is 17.2 Å². The number of carbonyl (C=O) groups excluding carboxylic acids is 1. The number of carbonyl (C=O) groups is 1. The van der Waals surface area contributed by atoms with Gasteiger partial charge in [0, 0.05) is 5.69 Å². The molecule has 0 radical (unpaired) electrons. The Morgan fingerprint density at radius 1 is 1.00 bits per heavy atom. The maximum absolute atomic E-state index is 12.0. The third-order valence-corrected chi connectivity index (χ3v) is 3.25. The Hall–Kier alpha value is -2.69. The van der Waals surface area contributed by atoms with Gasteiger partial charge in [-0.3, -0.25) is 4.79 Å². The summed E-state index contributed by atoms with van der Waals surface area (Å²) in [7, 11) is 3.10. The van der Waals surface area contributed by atoms with Gasteiger partial charge in [0.05, 0.1) is 14.2 Å². The van der Waals surface area contributed by atoms with Gasteiger partial charge in [-0.05, 0) is 49.2 Å². The lowest BCUT2D eigenvalue weighted by atomic mass is 10.2. The van der Waals surface area contributed by atoms with E-state index in [-0.39, 0.29) is 12.5 Å². The molecule has 2 rings (SSSR count). The molecule has 0 bridgehead atoms. The molecule has 122 valence electrons. The minimum Gasteiger partial charge on any atom is -0.493 e. The van der Waals surface area contributed by atoms with Crippen molar-refractivity contribution in [3.05, 3.63) is 47.5 Å². The maximum atomic E-state index is 12.0. The van der Waals surface area contributed by atoms with Crippen LogP contribution in [0.1, 0.15) is 11.1 Å². The summed E-state index contributed by atoms with van der Waals surface area (Å²) >= 11 is 0. The lowest BCUT2D eigenvalue weighted by Crippen LogP contribution is -2.20. The summed E-state index contributed by atoms with van der Waals surface area (Å²) in [5, 5.41) is 2.79. The summed E-state index contributed by atoms with van der Waals surface area (Å²) in [6.45, 7) is 3.76. The minimum absolute atomic E-state index is 0.135. The number of methoxy groups -OCH3 is 2. The minimum atomic E-state index is -0.250. The fourth-order valence-corrected chi connectivity index (χ4v) is 2.21. The van der Waals surface area contributed by atoms with Crippen LogP contribution in [0.4, 0.5) is 5.69 Å². The normalized spacial score (nSPS) is 10.1. The zero-order valence-electron chi connectivity index (χ0n) is 13.8. The highest BCUT2D eigenvalue weighted by Gasteiger charge is 2.14. The second kappa shape index (κ2) is 7.54. The average molecular weight is 315 g/mol. The first kappa shape index (κ1) is 16.7. The van der Waals surface area contributed by atoms with E-state index >= 15 is 0 Å². The molecule has 1 N–H and O–H groups in total. The van der Waals surface area contributed by atoms with Crippen LogP contribution in [0.15, 0.2) is 36.4 Å². The van der Waals surface area contributed by atoms with E-state index in [4.69, 9.17) is 14.2 Å². The summed E-state index contributed by atoms with van der Waals surface area (Å²) in [5.41, 5.74) is 2.79. The molecule has 5 heteroatoms. The lowest BCUT2D eigenvalue weighted by Gasteiger charge is -2.15. The number of anilines is 1. The van der Waals surface area contributed by atoms with Crippen LogP contribution in [-0.4, -0.2) is 26.7 Å². The molecule has 0 aromatic heterocycles. The van der Waals surface area contributed by atoms with Gasteiger partial charge in [-0.25, -0.2) is 0 Å². The quantitative estimate of drug-likeness (QED) is 0.888. The second-order valence-electron chi connectivity index (χ2n) is 5.20. The highest BCUT2D eigenvalue weighted by molar-refractivity contribution is 5.92. The van der Waals surface area contributed by atoms with Gasteiger partial charge in [-0.15, -0.1) is 0 Å². The molecule has 0 saturated carbocycles. The maximum Gasteiger partial charge on any atom is 0.262 e. The molecule has 0 unspecified atom stereocenters. The number of hydrogen-bond acceptors (Lipinski definition) is 4. The molecule has 0 spiro atoms. The monoisotopic (exact) mass is 315 g/mol. The highest BCUT2D eigenvalue weighted by Crippen LogP contribution is 2.38. The molecule has 0 aliphatic rings. The van der Waals surface area contributed by atoms with Gasteiger partial charge in [0.1, 0.15) is 0 Å². The molecule has 0 saturated heterocycles. The van der Waals surface area contributed by atoms with E-state index in [1.807, 2.05) is 50.2 Å². The van der Waals surface area contributed by atoms with Gasteiger partial charge >= 0.3 is 0 Å². The predicted molar refractivity (Wildman–Crippen MR) is 89.6 cm³/mol. The molecular formula is C18H21NO4. The van der Waals surface area contributed by atoms with Crippen LogP contribution in [0.3, 0.4) is 0 Å². The molecule has 0 fully saturated rings. The van der Waals surface area contributed by atoms with Crippen molar-refractivity contribution in [3.63, 3.8) is 0 Å². The summed E-state index contributed by atoms with van der Waals surface area (Å²) in [6.07, 6.45) is 0. The van der Waals surface area contributed by atoms with E-state index in [1.54, 1.807) is 14.2 Å². The first-order valence-corrected chi connectivity index (χ1v) is 7.25. The Kier molecular flexibility index (Phi) is 5.46. The van der Waals surface area contributed by atoms with E-state index < -0.39 is 0 Å². The summed E-state index contributed by atoms with van der Waals surface area (Å²) in [4.78, 5) is 12.0. The van der Waals surface area contributed by atoms with Crippen LogP contribution in [0, 0.1) is 13.8 Å². The van der Waals surface area contributed by atoms with Gasteiger partial charge in [-0.1, -0.05) is 12.1 Å². The zero-order chi connectivity index (χ0) is 16.8. The van der Waals surface area contributed by atoms with Crippen molar-refractivity contribution < 1.29 is 19.0 Å². The summed E-state index contributed by atoms with van der Waals surface area (Å²) < 4.78 is 16.2. The Labute approximate surface area is 136 Å². The topological polar surface area (TPSA) is 56.8 Å². The molecule has 0 atom stereocenters. The number of rotatable bonds is 6. The van der Waals surface area contributed by atoms with Gasteiger partial charge in [0.2, 0.25) is 5.75 Å². The van der Waals surface area contributed by atoms with E-state index in [2.05, 4.69) is 5.32 Å². The first-order chi connectivity index (χ1) is 11.0. The van der Waals surface area contributed by atoms with E-state index in [9.17, 15) is 4.79 Å². The fourth-order valence-electron chi connectivity index (χ4n) is 2.21. The molecule has 2 aromatic carbocycles. The molecule has 5 nitrogen and oxygen atoms in total. The van der Waals surface area contributed by atoms with Crippen LogP contribution in [0.5, 0.6) is 17.2 Å². The van der Waals surface area contributed by atoms with Crippen LogP contribution in [0.25, 0.3) is 0 Å². The van der Waals surface area contributed by atoms with Crippen molar-refractivity contribution in [1.82, 2.24) is 0 Å². The number of aryl methyl sites for hydroxylation is 2. The molecule has 1 amide bonds. The van der Waals surface area contributed by atoms with Crippen LogP contribution in [-0.2, 0) is 4.79 Å². The molecule has 2 aromatic rings. The largest absolute Gasteiger partial charge is 0.493 e. The van der Waals surface area contributed by atoms with Gasteiger partial charge < -0.3 is 19.5 Å². The zero-order valence-corrected chi connectivity index (χ0v) is 13.8.